The number of nitrogens with zero attached hydrogens (tertiary/aromatic N) is 2. The molecule has 0 unspecified atom stereocenters. The SMILES string of the molecule is NS(=O)(=O)c1ccc2nc3c(nc2c1)-c1cccc2cccc-3c12. The standard InChI is InChI=1S/C18H11N3O2S/c19-24(22,23)11-7-8-14-15(9-11)21-18-13-6-2-4-10-3-1-5-12(16(10)13)17(18)20-14/h1-9H,(H2,19,22,23). The number of hydrogen-bond acceptors (Lipinski definition) is 4. The van der Waals surface area contributed by atoms with Gasteiger partial charge in [-0.2, -0.15) is 0 Å². The van der Waals surface area contributed by atoms with Gasteiger partial charge in [-0.15, -0.1) is 0 Å². The molecule has 6 heteroatoms. The first-order valence-corrected chi connectivity index (χ1v) is 8.94. The summed E-state index contributed by atoms with van der Waals surface area (Å²) < 4.78 is 23.1. The van der Waals surface area contributed by atoms with Crippen LogP contribution in [0, 0.1) is 0 Å². The van der Waals surface area contributed by atoms with Crippen molar-refractivity contribution in [3.05, 3.63) is 54.6 Å². The van der Waals surface area contributed by atoms with Gasteiger partial charge in [-0.25, -0.2) is 23.5 Å². The molecule has 24 heavy (non-hydrogen) atoms. The largest absolute Gasteiger partial charge is 0.244 e. The van der Waals surface area contributed by atoms with E-state index < -0.39 is 10.0 Å². The number of rotatable bonds is 1. The minimum atomic E-state index is -3.77. The highest BCUT2D eigenvalue weighted by atomic mass is 32.2. The van der Waals surface area contributed by atoms with Crippen LogP contribution in [0.1, 0.15) is 0 Å². The maximum Gasteiger partial charge on any atom is 0.238 e. The molecule has 116 valence electrons. The third-order valence-corrected chi connectivity index (χ3v) is 5.29. The number of fused-ring (bicyclic) bond motifs is 4. The van der Waals surface area contributed by atoms with Crippen molar-refractivity contribution in [2.75, 3.05) is 0 Å². The summed E-state index contributed by atoms with van der Waals surface area (Å²) >= 11 is 0. The average Bonchev–Trinajstić information content (AvgIpc) is 2.88. The molecular weight excluding hydrogens is 322 g/mol. The highest BCUT2D eigenvalue weighted by Crippen LogP contribution is 2.45. The Bertz CT molecular complexity index is 1280. The lowest BCUT2D eigenvalue weighted by Gasteiger charge is -2.05. The van der Waals surface area contributed by atoms with Crippen LogP contribution in [0.25, 0.3) is 44.3 Å². The topological polar surface area (TPSA) is 85.9 Å². The van der Waals surface area contributed by atoms with Gasteiger partial charge in [-0.1, -0.05) is 36.4 Å². The van der Waals surface area contributed by atoms with Crippen molar-refractivity contribution >= 4 is 31.8 Å². The number of hydrogen-bond donors (Lipinski definition) is 1. The Morgan fingerprint density at radius 3 is 2.04 bits per heavy atom. The Kier molecular flexibility index (Phi) is 2.48. The lowest BCUT2D eigenvalue weighted by Crippen LogP contribution is -2.12. The number of aromatic nitrogens is 2. The lowest BCUT2D eigenvalue weighted by atomic mass is 10.0. The van der Waals surface area contributed by atoms with E-state index in [-0.39, 0.29) is 4.90 Å². The second-order valence-electron chi connectivity index (χ2n) is 5.83. The Morgan fingerprint density at radius 1 is 0.792 bits per heavy atom. The number of primary sulfonamides is 1. The third kappa shape index (κ3) is 1.75. The highest BCUT2D eigenvalue weighted by Gasteiger charge is 2.24. The summed E-state index contributed by atoms with van der Waals surface area (Å²) in [7, 11) is -3.77. The summed E-state index contributed by atoms with van der Waals surface area (Å²) in [5.74, 6) is 0. The van der Waals surface area contributed by atoms with Crippen LogP contribution in [0.5, 0.6) is 0 Å². The summed E-state index contributed by atoms with van der Waals surface area (Å²) in [5.41, 5.74) is 4.85. The van der Waals surface area contributed by atoms with Crippen LogP contribution in [0.2, 0.25) is 0 Å². The van der Waals surface area contributed by atoms with E-state index in [0.29, 0.717) is 11.0 Å². The van der Waals surface area contributed by atoms with Gasteiger partial charge in [0.2, 0.25) is 10.0 Å². The normalized spacial score (nSPS) is 12.7. The molecule has 0 saturated carbocycles. The molecule has 0 amide bonds. The summed E-state index contributed by atoms with van der Waals surface area (Å²) in [6.45, 7) is 0. The number of sulfonamides is 1. The molecule has 4 aromatic rings. The predicted octanol–water partition coefficient (Wildman–Crippen LogP) is 3.08. The van der Waals surface area contributed by atoms with Crippen molar-refractivity contribution in [3.63, 3.8) is 0 Å². The van der Waals surface area contributed by atoms with E-state index in [1.807, 2.05) is 24.3 Å². The van der Waals surface area contributed by atoms with Crippen molar-refractivity contribution in [3.8, 4) is 22.5 Å². The van der Waals surface area contributed by atoms with Crippen LogP contribution in [0.15, 0.2) is 59.5 Å². The lowest BCUT2D eigenvalue weighted by molar-refractivity contribution is 0.598. The second-order valence-corrected chi connectivity index (χ2v) is 7.39. The molecule has 0 saturated heterocycles. The fraction of sp³-hybridized carbons (Fsp3) is 0. The molecule has 3 aromatic carbocycles. The molecule has 0 spiro atoms. The fourth-order valence-corrected chi connectivity index (χ4v) is 3.86. The molecule has 5 nitrogen and oxygen atoms in total. The molecule has 5 rings (SSSR count). The Labute approximate surface area is 137 Å². The van der Waals surface area contributed by atoms with E-state index in [0.717, 1.165) is 33.3 Å². The molecule has 0 fully saturated rings. The fourth-order valence-electron chi connectivity index (χ4n) is 3.32. The average molecular weight is 333 g/mol. The van der Waals surface area contributed by atoms with E-state index in [1.165, 1.54) is 12.1 Å². The zero-order valence-corrected chi connectivity index (χ0v) is 13.2. The monoisotopic (exact) mass is 333 g/mol. The van der Waals surface area contributed by atoms with Crippen molar-refractivity contribution in [2.45, 2.75) is 4.90 Å². The number of benzene rings is 3. The summed E-state index contributed by atoms with van der Waals surface area (Å²) in [6, 6.07) is 16.8. The van der Waals surface area contributed by atoms with Gasteiger partial charge in [0.15, 0.2) is 0 Å². The van der Waals surface area contributed by atoms with E-state index in [4.69, 9.17) is 10.1 Å². The van der Waals surface area contributed by atoms with Crippen LogP contribution >= 0.6 is 0 Å². The molecule has 1 aromatic heterocycles. The first-order chi connectivity index (χ1) is 11.5. The molecule has 0 atom stereocenters. The molecule has 1 aliphatic carbocycles. The molecular formula is C18H11N3O2S. The van der Waals surface area contributed by atoms with Gasteiger partial charge in [0, 0.05) is 16.5 Å². The molecule has 1 aliphatic rings. The van der Waals surface area contributed by atoms with Crippen molar-refractivity contribution in [2.24, 2.45) is 5.14 Å². The maximum absolute atomic E-state index is 11.6. The summed E-state index contributed by atoms with van der Waals surface area (Å²) in [4.78, 5) is 9.45. The minimum Gasteiger partial charge on any atom is -0.244 e. The van der Waals surface area contributed by atoms with Crippen molar-refractivity contribution in [1.29, 1.82) is 0 Å². The third-order valence-electron chi connectivity index (χ3n) is 4.38. The smallest absolute Gasteiger partial charge is 0.238 e. The van der Waals surface area contributed by atoms with E-state index in [9.17, 15) is 8.42 Å². The van der Waals surface area contributed by atoms with Gasteiger partial charge in [0.05, 0.1) is 27.3 Å². The molecule has 1 heterocycles. The van der Waals surface area contributed by atoms with Crippen molar-refractivity contribution in [1.82, 2.24) is 9.97 Å². The summed E-state index contributed by atoms with van der Waals surface area (Å²) in [5, 5.41) is 7.49. The van der Waals surface area contributed by atoms with E-state index >= 15 is 0 Å². The van der Waals surface area contributed by atoms with E-state index in [2.05, 4.69) is 17.1 Å². The van der Waals surface area contributed by atoms with Crippen LogP contribution in [-0.4, -0.2) is 18.4 Å². The molecule has 2 N–H and O–H groups in total. The minimum absolute atomic E-state index is 0.0398. The second kappa shape index (κ2) is 4.37. The van der Waals surface area contributed by atoms with Gasteiger partial charge < -0.3 is 0 Å². The number of nitrogens with two attached hydrogens (primary N) is 1. The van der Waals surface area contributed by atoms with Crippen molar-refractivity contribution < 1.29 is 8.42 Å². The first kappa shape index (κ1) is 13.6. The molecule has 0 radical (unpaired) electrons. The Balaban J connectivity index is 1.89. The van der Waals surface area contributed by atoms with Gasteiger partial charge >= 0.3 is 0 Å². The molecule has 0 aliphatic heterocycles. The summed E-state index contributed by atoms with van der Waals surface area (Å²) in [6.07, 6.45) is 0. The quantitative estimate of drug-likeness (QED) is 0.511. The predicted molar refractivity (Wildman–Crippen MR) is 92.8 cm³/mol. The van der Waals surface area contributed by atoms with Crippen LogP contribution < -0.4 is 5.14 Å². The Morgan fingerprint density at radius 2 is 1.42 bits per heavy atom. The first-order valence-electron chi connectivity index (χ1n) is 7.39. The maximum atomic E-state index is 11.6. The molecule has 0 bridgehead atoms. The zero-order chi connectivity index (χ0) is 16.5. The van der Waals surface area contributed by atoms with E-state index in [1.54, 1.807) is 6.07 Å². The van der Waals surface area contributed by atoms with Gasteiger partial charge in [-0.05, 0) is 23.6 Å². The van der Waals surface area contributed by atoms with Gasteiger partial charge in [-0.3, -0.25) is 0 Å². The van der Waals surface area contributed by atoms with Crippen LogP contribution in [0.3, 0.4) is 0 Å². The van der Waals surface area contributed by atoms with Gasteiger partial charge in [0.1, 0.15) is 0 Å². The highest BCUT2D eigenvalue weighted by molar-refractivity contribution is 7.89. The Hall–Kier alpha value is -2.83. The van der Waals surface area contributed by atoms with Crippen LogP contribution in [-0.2, 0) is 10.0 Å². The van der Waals surface area contributed by atoms with Gasteiger partial charge in [0.25, 0.3) is 0 Å². The zero-order valence-electron chi connectivity index (χ0n) is 12.4. The van der Waals surface area contributed by atoms with Crippen LogP contribution in [0.4, 0.5) is 0 Å².